The number of hydrogen-bond acceptors (Lipinski definition) is 3. The monoisotopic (exact) mass is 289 g/mol. The molecule has 1 N–H and O–H groups in total. The molecule has 4 heteroatoms. The van der Waals surface area contributed by atoms with Crippen LogP contribution in [-0.4, -0.2) is 55.0 Å². The number of amides is 1. The molecule has 1 aromatic rings. The molecule has 0 spiro atoms. The van der Waals surface area contributed by atoms with Gasteiger partial charge in [0, 0.05) is 37.9 Å². The lowest BCUT2D eigenvalue weighted by atomic mass is 10.1. The van der Waals surface area contributed by atoms with E-state index in [1.165, 1.54) is 5.56 Å². The first-order valence-electron chi connectivity index (χ1n) is 7.90. The molecule has 21 heavy (non-hydrogen) atoms. The summed E-state index contributed by atoms with van der Waals surface area (Å²) in [7, 11) is 2.14. The van der Waals surface area contributed by atoms with Gasteiger partial charge >= 0.3 is 0 Å². The fourth-order valence-electron chi connectivity index (χ4n) is 2.92. The van der Waals surface area contributed by atoms with Crippen LogP contribution in [0.15, 0.2) is 18.2 Å². The average molecular weight is 289 g/mol. The summed E-state index contributed by atoms with van der Waals surface area (Å²) in [6.07, 6.45) is 1.08. The second kappa shape index (κ2) is 6.94. The van der Waals surface area contributed by atoms with Gasteiger partial charge in [0.2, 0.25) is 0 Å². The number of nitrogens with one attached hydrogen (secondary N) is 1. The third-order valence-corrected chi connectivity index (χ3v) is 4.31. The predicted molar refractivity (Wildman–Crippen MR) is 88.0 cm³/mol. The topological polar surface area (TPSA) is 35.6 Å². The Morgan fingerprint density at radius 3 is 2.76 bits per heavy atom. The van der Waals surface area contributed by atoms with Gasteiger partial charge in [0.05, 0.1) is 5.56 Å². The average Bonchev–Trinajstić information content (AvgIpc) is 2.47. The molecule has 1 heterocycles. The Morgan fingerprint density at radius 1 is 1.33 bits per heavy atom. The van der Waals surface area contributed by atoms with Crippen LogP contribution in [0.5, 0.6) is 0 Å². The summed E-state index contributed by atoms with van der Waals surface area (Å²) >= 11 is 0. The van der Waals surface area contributed by atoms with Gasteiger partial charge in [-0.15, -0.1) is 0 Å². The van der Waals surface area contributed by atoms with E-state index in [4.69, 9.17) is 0 Å². The minimum Gasteiger partial charge on any atom is -0.385 e. The van der Waals surface area contributed by atoms with Gasteiger partial charge in [-0.2, -0.15) is 0 Å². The van der Waals surface area contributed by atoms with Crippen LogP contribution in [0.1, 0.15) is 36.2 Å². The molecule has 1 atom stereocenters. The summed E-state index contributed by atoms with van der Waals surface area (Å²) in [6, 6.07) is 6.50. The van der Waals surface area contributed by atoms with Gasteiger partial charge in [-0.05, 0) is 45.0 Å². The van der Waals surface area contributed by atoms with Crippen molar-refractivity contribution in [3.05, 3.63) is 29.3 Å². The maximum Gasteiger partial charge on any atom is 0.256 e. The summed E-state index contributed by atoms with van der Waals surface area (Å²) in [5.41, 5.74) is 2.92. The zero-order chi connectivity index (χ0) is 15.4. The minimum absolute atomic E-state index is 0.150. The molecule has 0 saturated carbocycles. The van der Waals surface area contributed by atoms with Crippen LogP contribution in [-0.2, 0) is 0 Å². The number of rotatable bonds is 4. The fourth-order valence-corrected chi connectivity index (χ4v) is 2.92. The molecule has 0 aromatic heterocycles. The maximum absolute atomic E-state index is 12.8. The number of anilines is 1. The number of hydrogen-bond donors (Lipinski definition) is 1. The number of nitrogens with zero attached hydrogens (tertiary/aromatic N) is 2. The van der Waals surface area contributed by atoms with Crippen molar-refractivity contribution in [1.82, 2.24) is 9.80 Å². The Kier molecular flexibility index (Phi) is 5.23. The fraction of sp³-hybridized carbons (Fsp3) is 0.588. The van der Waals surface area contributed by atoms with E-state index < -0.39 is 0 Å². The zero-order valence-corrected chi connectivity index (χ0v) is 13.6. The predicted octanol–water partition coefficient (Wildman–Crippen LogP) is 2.59. The standard InChI is InChI=1S/C17H27N3O/c1-5-14-12-20(10-9-19(14)4)17(21)15-8-7-13(3)11-16(15)18-6-2/h7-8,11,14,18H,5-6,9-10,12H2,1-4H3. The van der Waals surface area contributed by atoms with Crippen LogP contribution in [0, 0.1) is 6.92 Å². The van der Waals surface area contributed by atoms with Crippen molar-refractivity contribution in [3.63, 3.8) is 0 Å². The molecule has 1 aromatic carbocycles. The molecule has 0 bridgehead atoms. The number of carbonyl (C=O) groups excluding carboxylic acids is 1. The van der Waals surface area contributed by atoms with Crippen molar-refractivity contribution in [1.29, 1.82) is 0 Å². The number of carbonyl (C=O) groups is 1. The molecular weight excluding hydrogens is 262 g/mol. The largest absolute Gasteiger partial charge is 0.385 e. The molecular formula is C17H27N3O. The molecule has 2 rings (SSSR count). The van der Waals surface area contributed by atoms with E-state index in [-0.39, 0.29) is 5.91 Å². The highest BCUT2D eigenvalue weighted by Gasteiger charge is 2.27. The molecule has 1 aliphatic rings. The Bertz CT molecular complexity index is 501. The Labute approximate surface area is 128 Å². The van der Waals surface area contributed by atoms with Gasteiger partial charge in [-0.25, -0.2) is 0 Å². The lowest BCUT2D eigenvalue weighted by molar-refractivity contribution is 0.0543. The summed E-state index contributed by atoms with van der Waals surface area (Å²) in [4.78, 5) is 17.2. The molecule has 0 radical (unpaired) electrons. The van der Waals surface area contributed by atoms with Crippen molar-refractivity contribution >= 4 is 11.6 Å². The van der Waals surface area contributed by atoms with Gasteiger partial charge in [0.1, 0.15) is 0 Å². The van der Waals surface area contributed by atoms with Gasteiger partial charge in [0.25, 0.3) is 5.91 Å². The van der Waals surface area contributed by atoms with E-state index in [2.05, 4.69) is 44.1 Å². The highest BCUT2D eigenvalue weighted by Crippen LogP contribution is 2.21. The summed E-state index contributed by atoms with van der Waals surface area (Å²) < 4.78 is 0. The first kappa shape index (κ1) is 15.8. The Morgan fingerprint density at radius 2 is 2.10 bits per heavy atom. The Balaban J connectivity index is 2.20. The van der Waals surface area contributed by atoms with Crippen molar-refractivity contribution in [3.8, 4) is 0 Å². The van der Waals surface area contributed by atoms with E-state index in [1.54, 1.807) is 0 Å². The van der Waals surface area contributed by atoms with E-state index in [1.807, 2.05) is 17.0 Å². The van der Waals surface area contributed by atoms with Crippen molar-refractivity contribution in [2.24, 2.45) is 0 Å². The quantitative estimate of drug-likeness (QED) is 0.925. The normalized spacial score (nSPS) is 19.6. The van der Waals surface area contributed by atoms with Crippen LogP contribution in [0.25, 0.3) is 0 Å². The number of aryl methyl sites for hydroxylation is 1. The van der Waals surface area contributed by atoms with Gasteiger partial charge in [-0.1, -0.05) is 13.0 Å². The summed E-state index contributed by atoms with van der Waals surface area (Å²) in [5, 5.41) is 3.31. The molecule has 1 aliphatic heterocycles. The van der Waals surface area contributed by atoms with E-state index in [9.17, 15) is 4.79 Å². The van der Waals surface area contributed by atoms with Crippen molar-refractivity contribution < 1.29 is 4.79 Å². The smallest absolute Gasteiger partial charge is 0.256 e. The SMILES string of the molecule is CCNc1cc(C)ccc1C(=O)N1CCN(C)C(CC)C1. The van der Waals surface area contributed by atoms with Crippen LogP contribution in [0.3, 0.4) is 0 Å². The zero-order valence-electron chi connectivity index (χ0n) is 13.6. The van der Waals surface area contributed by atoms with Crippen LogP contribution >= 0.6 is 0 Å². The second-order valence-electron chi connectivity index (χ2n) is 5.87. The van der Waals surface area contributed by atoms with Gasteiger partial charge < -0.3 is 10.2 Å². The Hall–Kier alpha value is -1.55. The molecule has 116 valence electrons. The first-order chi connectivity index (χ1) is 10.1. The van der Waals surface area contributed by atoms with E-state index >= 15 is 0 Å². The van der Waals surface area contributed by atoms with Crippen LogP contribution in [0.4, 0.5) is 5.69 Å². The molecule has 1 fully saturated rings. The number of benzene rings is 1. The second-order valence-corrected chi connectivity index (χ2v) is 5.87. The third-order valence-electron chi connectivity index (χ3n) is 4.31. The van der Waals surface area contributed by atoms with Crippen LogP contribution < -0.4 is 5.32 Å². The van der Waals surface area contributed by atoms with Crippen LogP contribution in [0.2, 0.25) is 0 Å². The summed E-state index contributed by atoms with van der Waals surface area (Å²) in [6.45, 7) is 9.70. The third kappa shape index (κ3) is 3.56. The molecule has 0 aliphatic carbocycles. The number of piperazine rings is 1. The highest BCUT2D eigenvalue weighted by molar-refractivity contribution is 5.99. The first-order valence-corrected chi connectivity index (χ1v) is 7.90. The number of likely N-dealkylation sites (N-methyl/N-ethyl adjacent to an activating group) is 1. The molecule has 1 amide bonds. The minimum atomic E-state index is 0.150. The molecule has 4 nitrogen and oxygen atoms in total. The molecule has 1 saturated heterocycles. The van der Waals surface area contributed by atoms with Gasteiger partial charge in [0.15, 0.2) is 0 Å². The van der Waals surface area contributed by atoms with E-state index in [0.29, 0.717) is 6.04 Å². The van der Waals surface area contributed by atoms with Crippen molar-refractivity contribution in [2.45, 2.75) is 33.2 Å². The maximum atomic E-state index is 12.8. The van der Waals surface area contributed by atoms with Gasteiger partial charge in [-0.3, -0.25) is 9.69 Å². The molecule has 1 unspecified atom stereocenters. The highest BCUT2D eigenvalue weighted by atomic mass is 16.2. The summed E-state index contributed by atoms with van der Waals surface area (Å²) in [5.74, 6) is 0.150. The van der Waals surface area contributed by atoms with E-state index in [0.717, 1.165) is 43.9 Å². The van der Waals surface area contributed by atoms with Crippen molar-refractivity contribution in [2.75, 3.05) is 38.5 Å². The lowest BCUT2D eigenvalue weighted by Crippen LogP contribution is -2.53. The lowest BCUT2D eigenvalue weighted by Gasteiger charge is -2.39.